The predicted molar refractivity (Wildman–Crippen MR) is 195 cm³/mol. The molecule has 4 aromatic rings. The molecule has 0 saturated heterocycles. The van der Waals surface area contributed by atoms with Gasteiger partial charge in [0.05, 0.1) is 23.2 Å². The first-order valence-electron chi connectivity index (χ1n) is 16.1. The minimum absolute atomic E-state index is 0.0814. The van der Waals surface area contributed by atoms with Gasteiger partial charge in [-0.3, -0.25) is 4.79 Å². The Morgan fingerprint density at radius 1 is 1.07 bits per heavy atom. The molecule has 1 fully saturated rings. The van der Waals surface area contributed by atoms with Crippen LogP contribution < -0.4 is 5.73 Å². The SMILES string of the molecule is CC(C)(O)c1ccccc1CC[C@@H](SCC1(CC(=O)O)CC1)c1cccc(/C=C/c2ccc3ccc(Cl)cc3n2)c1.CCC(C)N. The zero-order chi connectivity index (χ0) is 33.3. The number of aryl methyl sites for hydroxylation is 1. The van der Waals surface area contributed by atoms with Gasteiger partial charge >= 0.3 is 5.97 Å². The Hall–Kier alpha value is -3.16. The first-order valence-corrected chi connectivity index (χ1v) is 17.5. The van der Waals surface area contributed by atoms with Crippen LogP contribution in [0, 0.1) is 5.41 Å². The van der Waals surface area contributed by atoms with Gasteiger partial charge in [0.25, 0.3) is 0 Å². The highest BCUT2D eigenvalue weighted by Crippen LogP contribution is 2.53. The maximum Gasteiger partial charge on any atom is 0.303 e. The smallest absolute Gasteiger partial charge is 0.303 e. The lowest BCUT2D eigenvalue weighted by atomic mass is 9.90. The molecule has 3 aromatic carbocycles. The van der Waals surface area contributed by atoms with Gasteiger partial charge in [-0.05, 0) is 105 Å². The van der Waals surface area contributed by atoms with Crippen LogP contribution in [-0.4, -0.2) is 33.0 Å². The largest absolute Gasteiger partial charge is 0.481 e. The van der Waals surface area contributed by atoms with Crippen LogP contribution in [0.2, 0.25) is 5.02 Å². The molecule has 1 unspecified atom stereocenters. The lowest BCUT2D eigenvalue weighted by Crippen LogP contribution is -2.18. The van der Waals surface area contributed by atoms with Crippen LogP contribution >= 0.6 is 23.4 Å². The molecule has 5 rings (SSSR count). The van der Waals surface area contributed by atoms with Crippen molar-refractivity contribution in [1.29, 1.82) is 0 Å². The van der Waals surface area contributed by atoms with Crippen LogP contribution in [0.3, 0.4) is 0 Å². The van der Waals surface area contributed by atoms with Crippen molar-refractivity contribution in [2.45, 2.75) is 83.1 Å². The number of rotatable bonds is 13. The van der Waals surface area contributed by atoms with Crippen LogP contribution in [-0.2, 0) is 16.8 Å². The van der Waals surface area contributed by atoms with Gasteiger partial charge in [-0.25, -0.2) is 4.98 Å². The number of carbonyl (C=O) groups is 1. The van der Waals surface area contributed by atoms with Crippen LogP contribution in [0.1, 0.15) is 93.0 Å². The zero-order valence-electron chi connectivity index (χ0n) is 27.4. The molecule has 4 N–H and O–H groups in total. The highest BCUT2D eigenvalue weighted by molar-refractivity contribution is 7.99. The summed E-state index contributed by atoms with van der Waals surface area (Å²) in [6.45, 7) is 7.73. The number of fused-ring (bicyclic) bond motifs is 1. The Labute approximate surface area is 283 Å². The topological polar surface area (TPSA) is 96.4 Å². The van der Waals surface area contributed by atoms with E-state index in [0.29, 0.717) is 11.1 Å². The van der Waals surface area contributed by atoms with Crippen molar-refractivity contribution in [1.82, 2.24) is 4.98 Å². The Morgan fingerprint density at radius 2 is 1.78 bits per heavy atom. The van der Waals surface area contributed by atoms with Crippen LogP contribution in [0.5, 0.6) is 0 Å². The van der Waals surface area contributed by atoms with E-state index in [1.165, 1.54) is 5.56 Å². The molecule has 1 aromatic heterocycles. The van der Waals surface area contributed by atoms with E-state index in [4.69, 9.17) is 22.3 Å². The summed E-state index contributed by atoms with van der Waals surface area (Å²) in [6.07, 6.45) is 9.10. The third kappa shape index (κ3) is 10.7. The molecule has 5 nitrogen and oxygen atoms in total. The second-order valence-corrected chi connectivity index (χ2v) is 14.7. The van der Waals surface area contributed by atoms with E-state index in [0.717, 1.165) is 71.1 Å². The second-order valence-electron chi connectivity index (χ2n) is 13.1. The number of carboxylic acid groups (broad SMARTS) is 1. The van der Waals surface area contributed by atoms with Crippen LogP contribution in [0.15, 0.2) is 78.9 Å². The maximum atomic E-state index is 11.5. The lowest BCUT2D eigenvalue weighted by molar-refractivity contribution is -0.138. The standard InChI is InChI=1S/C35H36ClNO3S.C4H11N/c1-34(2,40)30-9-4-3-7-25(30)13-17-32(41-23-35(18-19-35)22-33(38)39)27-8-5-6-24(20-27)10-15-29-16-12-26-11-14-28(36)21-31(26)37-29;1-3-4(2)5/h3-12,14-16,20-21,32,40H,13,17-19,22-23H2,1-2H3,(H,38,39);4H,3,5H2,1-2H3/b15-10+;/t32-;/m1./s1. The molecule has 0 radical (unpaired) electrons. The van der Waals surface area contributed by atoms with Crippen molar-refractivity contribution in [3.63, 3.8) is 0 Å². The van der Waals surface area contributed by atoms with Crippen molar-refractivity contribution in [3.8, 4) is 0 Å². The molecular weight excluding hydrogens is 612 g/mol. The maximum absolute atomic E-state index is 11.5. The third-order valence-corrected chi connectivity index (χ3v) is 10.4. The molecule has 1 heterocycles. The van der Waals surface area contributed by atoms with Gasteiger partial charge in [-0.1, -0.05) is 85.3 Å². The molecule has 0 bridgehead atoms. The normalized spacial score (nSPS) is 15.3. The number of benzene rings is 3. The van der Waals surface area contributed by atoms with Crippen molar-refractivity contribution in [3.05, 3.63) is 112 Å². The minimum Gasteiger partial charge on any atom is -0.481 e. The third-order valence-electron chi connectivity index (χ3n) is 8.48. The Bertz CT molecular complexity index is 1640. The van der Waals surface area contributed by atoms with E-state index in [-0.39, 0.29) is 17.1 Å². The summed E-state index contributed by atoms with van der Waals surface area (Å²) in [5.74, 6) is 0.122. The number of halogens is 1. The van der Waals surface area contributed by atoms with Crippen LogP contribution in [0.4, 0.5) is 0 Å². The first-order chi connectivity index (χ1) is 21.9. The van der Waals surface area contributed by atoms with Gasteiger partial charge in [0.1, 0.15) is 0 Å². The monoisotopic (exact) mass is 658 g/mol. The Balaban J connectivity index is 0.000000892. The van der Waals surface area contributed by atoms with Gasteiger partial charge < -0.3 is 15.9 Å². The highest BCUT2D eigenvalue weighted by Gasteiger charge is 2.44. The molecule has 1 aliphatic rings. The fraction of sp³-hybridized carbons (Fsp3) is 0.385. The molecule has 1 aliphatic carbocycles. The van der Waals surface area contributed by atoms with E-state index in [2.05, 4.69) is 49.4 Å². The van der Waals surface area contributed by atoms with E-state index in [1.807, 2.05) is 81.1 Å². The number of nitrogens with zero attached hydrogens (tertiary/aromatic N) is 1. The quantitative estimate of drug-likeness (QED) is 0.132. The minimum atomic E-state index is -0.911. The van der Waals surface area contributed by atoms with Gasteiger partial charge in [0.15, 0.2) is 0 Å². The molecule has 2 atom stereocenters. The van der Waals surface area contributed by atoms with E-state index < -0.39 is 11.6 Å². The number of hydrogen-bond acceptors (Lipinski definition) is 5. The molecule has 0 spiro atoms. The molecule has 1 saturated carbocycles. The van der Waals surface area contributed by atoms with E-state index in [9.17, 15) is 15.0 Å². The summed E-state index contributed by atoms with van der Waals surface area (Å²) in [6, 6.07) is 26.9. The summed E-state index contributed by atoms with van der Waals surface area (Å²) in [7, 11) is 0. The molecule has 0 amide bonds. The van der Waals surface area contributed by atoms with Gasteiger partial charge in [-0.2, -0.15) is 11.8 Å². The summed E-state index contributed by atoms with van der Waals surface area (Å²) in [5.41, 5.74) is 10.4. The number of aliphatic carboxylic acids is 1. The summed E-state index contributed by atoms with van der Waals surface area (Å²) < 4.78 is 0. The second kappa shape index (κ2) is 16.1. The van der Waals surface area contributed by atoms with E-state index in [1.54, 1.807) is 0 Å². The van der Waals surface area contributed by atoms with Crippen molar-refractivity contribution in [2.75, 3.05) is 5.75 Å². The number of aliphatic hydroxyl groups is 1. The van der Waals surface area contributed by atoms with Crippen LogP contribution in [0.25, 0.3) is 23.1 Å². The number of hydrogen-bond donors (Lipinski definition) is 3. The van der Waals surface area contributed by atoms with Crippen molar-refractivity contribution < 1.29 is 15.0 Å². The highest BCUT2D eigenvalue weighted by atomic mass is 35.5. The molecule has 244 valence electrons. The lowest BCUT2D eigenvalue weighted by Gasteiger charge is -2.24. The molecular formula is C39H47ClN2O3S. The molecule has 7 heteroatoms. The zero-order valence-corrected chi connectivity index (χ0v) is 29.0. The molecule has 0 aliphatic heterocycles. The number of aromatic nitrogens is 1. The number of carboxylic acids is 1. The van der Waals surface area contributed by atoms with Crippen molar-refractivity contribution >= 4 is 52.4 Å². The fourth-order valence-electron chi connectivity index (χ4n) is 5.36. The average Bonchev–Trinajstić information content (AvgIpc) is 3.78. The average molecular weight is 659 g/mol. The van der Waals surface area contributed by atoms with Crippen molar-refractivity contribution in [2.24, 2.45) is 11.1 Å². The van der Waals surface area contributed by atoms with Gasteiger partial charge in [0.2, 0.25) is 0 Å². The fourth-order valence-corrected chi connectivity index (χ4v) is 7.09. The number of pyridine rings is 1. The van der Waals surface area contributed by atoms with E-state index >= 15 is 0 Å². The van der Waals surface area contributed by atoms with Gasteiger partial charge in [0, 0.05) is 27.5 Å². The van der Waals surface area contributed by atoms with Gasteiger partial charge in [-0.15, -0.1) is 0 Å². The first kappa shape index (κ1) is 35.7. The number of nitrogens with two attached hydrogens (primary N) is 1. The summed E-state index contributed by atoms with van der Waals surface area (Å²) in [5, 5.41) is 22.1. The summed E-state index contributed by atoms with van der Waals surface area (Å²) >= 11 is 8.04. The Kier molecular flexibility index (Phi) is 12.5. The number of thioether (sulfide) groups is 1. The Morgan fingerprint density at radius 3 is 2.46 bits per heavy atom. The molecule has 46 heavy (non-hydrogen) atoms. The summed E-state index contributed by atoms with van der Waals surface area (Å²) in [4.78, 5) is 16.2. The predicted octanol–water partition coefficient (Wildman–Crippen LogP) is 9.69.